The number of carboxylic acids is 1. The molecule has 2 rings (SSSR count). The van der Waals surface area contributed by atoms with E-state index in [-0.39, 0.29) is 5.41 Å². The van der Waals surface area contributed by atoms with Gasteiger partial charge in [0.2, 0.25) is 0 Å². The van der Waals surface area contributed by atoms with Gasteiger partial charge in [-0.25, -0.2) is 4.79 Å². The Morgan fingerprint density at radius 1 is 1.50 bits per heavy atom. The van der Waals surface area contributed by atoms with Crippen LogP contribution in [0.1, 0.15) is 40.5 Å². The number of carbonyl (C=O) groups is 1. The number of aliphatic carboxylic acids is 1. The van der Waals surface area contributed by atoms with Gasteiger partial charge in [-0.3, -0.25) is 0 Å². The first kappa shape index (κ1) is 11.4. The summed E-state index contributed by atoms with van der Waals surface area (Å²) in [5.74, 6) is -0.373. The average Bonchev–Trinajstić information content (AvgIpc) is 2.35. The molecular formula is C14H20O2. The van der Waals surface area contributed by atoms with E-state index in [0.29, 0.717) is 16.9 Å². The van der Waals surface area contributed by atoms with Crippen LogP contribution in [0, 0.1) is 16.7 Å². The van der Waals surface area contributed by atoms with Crippen molar-refractivity contribution in [2.24, 2.45) is 16.7 Å². The fourth-order valence-corrected chi connectivity index (χ4v) is 3.15. The third kappa shape index (κ3) is 1.51. The standard InChI is InChI=1S/C14H20O2/c1-13(2,3)11(12(15)16)9-8-14(4)7-5-6-10(9)14/h5-6,10H,7-8H2,1-4H3,(H,15,16)/t10-,14-/m0/s1. The third-order valence-corrected chi connectivity index (χ3v) is 3.92. The summed E-state index contributed by atoms with van der Waals surface area (Å²) in [6.07, 6.45) is 6.43. The van der Waals surface area contributed by atoms with Gasteiger partial charge < -0.3 is 5.11 Å². The zero-order chi connectivity index (χ0) is 12.1. The summed E-state index contributed by atoms with van der Waals surface area (Å²) >= 11 is 0. The molecule has 0 aromatic heterocycles. The van der Waals surface area contributed by atoms with Gasteiger partial charge in [-0.2, -0.15) is 0 Å². The van der Waals surface area contributed by atoms with Crippen molar-refractivity contribution in [3.05, 3.63) is 23.3 Å². The molecule has 2 atom stereocenters. The lowest BCUT2D eigenvalue weighted by molar-refractivity contribution is -0.134. The van der Waals surface area contributed by atoms with Crippen molar-refractivity contribution in [1.29, 1.82) is 0 Å². The molecule has 2 nitrogen and oxygen atoms in total. The maximum Gasteiger partial charge on any atom is 0.332 e. The lowest BCUT2D eigenvalue weighted by Crippen LogP contribution is -2.39. The number of carboxylic acid groups (broad SMARTS) is 1. The number of rotatable bonds is 1. The van der Waals surface area contributed by atoms with Crippen LogP contribution in [-0.4, -0.2) is 11.1 Å². The lowest BCUT2D eigenvalue weighted by Gasteiger charge is -2.47. The predicted molar refractivity (Wildman–Crippen MR) is 64.1 cm³/mol. The molecule has 1 fully saturated rings. The maximum atomic E-state index is 11.4. The number of fused-ring (bicyclic) bond motifs is 1. The second-order valence-electron chi connectivity index (χ2n) is 6.40. The number of hydrogen-bond donors (Lipinski definition) is 1. The van der Waals surface area contributed by atoms with Crippen LogP contribution in [0.4, 0.5) is 0 Å². The normalized spacial score (nSPS) is 35.6. The molecule has 0 heterocycles. The van der Waals surface area contributed by atoms with Crippen molar-refractivity contribution in [2.45, 2.75) is 40.5 Å². The molecule has 0 unspecified atom stereocenters. The van der Waals surface area contributed by atoms with Crippen LogP contribution in [0.2, 0.25) is 0 Å². The van der Waals surface area contributed by atoms with Gasteiger partial charge in [0.05, 0.1) is 0 Å². The molecule has 0 amide bonds. The minimum Gasteiger partial charge on any atom is -0.478 e. The largest absolute Gasteiger partial charge is 0.478 e. The van der Waals surface area contributed by atoms with Gasteiger partial charge in [-0.1, -0.05) is 45.4 Å². The van der Waals surface area contributed by atoms with Crippen molar-refractivity contribution in [3.8, 4) is 0 Å². The van der Waals surface area contributed by atoms with Gasteiger partial charge in [0.1, 0.15) is 0 Å². The molecule has 0 spiro atoms. The van der Waals surface area contributed by atoms with Crippen molar-refractivity contribution in [2.75, 3.05) is 0 Å². The van der Waals surface area contributed by atoms with Gasteiger partial charge in [-0.15, -0.1) is 0 Å². The fourth-order valence-electron chi connectivity index (χ4n) is 3.15. The first-order chi connectivity index (χ1) is 7.26. The molecule has 0 aromatic rings. The van der Waals surface area contributed by atoms with Crippen LogP contribution in [0.5, 0.6) is 0 Å². The third-order valence-electron chi connectivity index (χ3n) is 3.92. The summed E-state index contributed by atoms with van der Waals surface area (Å²) < 4.78 is 0. The van der Waals surface area contributed by atoms with Gasteiger partial charge in [0, 0.05) is 11.5 Å². The quantitative estimate of drug-likeness (QED) is 0.543. The Morgan fingerprint density at radius 3 is 2.56 bits per heavy atom. The molecule has 0 bridgehead atoms. The smallest absolute Gasteiger partial charge is 0.332 e. The highest BCUT2D eigenvalue weighted by Gasteiger charge is 2.50. The summed E-state index contributed by atoms with van der Waals surface area (Å²) in [5, 5.41) is 9.37. The summed E-state index contributed by atoms with van der Waals surface area (Å²) in [5.41, 5.74) is 1.82. The molecule has 1 saturated carbocycles. The highest BCUT2D eigenvalue weighted by molar-refractivity contribution is 5.89. The van der Waals surface area contributed by atoms with Gasteiger partial charge in [0.25, 0.3) is 0 Å². The van der Waals surface area contributed by atoms with E-state index in [9.17, 15) is 9.90 Å². The minimum atomic E-state index is -0.746. The monoisotopic (exact) mass is 220 g/mol. The predicted octanol–water partition coefficient (Wildman–Crippen LogP) is 3.40. The molecule has 2 aliphatic carbocycles. The highest BCUT2D eigenvalue weighted by Crippen LogP contribution is 2.59. The van der Waals surface area contributed by atoms with E-state index >= 15 is 0 Å². The molecule has 2 aliphatic rings. The van der Waals surface area contributed by atoms with E-state index in [1.165, 1.54) is 0 Å². The van der Waals surface area contributed by atoms with Crippen molar-refractivity contribution in [1.82, 2.24) is 0 Å². The zero-order valence-corrected chi connectivity index (χ0v) is 10.5. The Kier molecular flexibility index (Phi) is 2.30. The van der Waals surface area contributed by atoms with Gasteiger partial charge >= 0.3 is 5.97 Å². The first-order valence-corrected chi connectivity index (χ1v) is 5.89. The van der Waals surface area contributed by atoms with Crippen LogP contribution < -0.4 is 0 Å². The first-order valence-electron chi connectivity index (χ1n) is 5.89. The molecule has 0 radical (unpaired) electrons. The summed E-state index contributed by atoms with van der Waals surface area (Å²) in [6.45, 7) is 8.20. The second-order valence-corrected chi connectivity index (χ2v) is 6.40. The van der Waals surface area contributed by atoms with Crippen molar-refractivity contribution >= 4 is 5.97 Å². The lowest BCUT2D eigenvalue weighted by atomic mass is 9.56. The van der Waals surface area contributed by atoms with Crippen LogP contribution in [0.3, 0.4) is 0 Å². The SMILES string of the molecule is CC(C)(C)C(C(=O)O)=C1C[C@]2(C)CC=C[C@@H]12. The zero-order valence-electron chi connectivity index (χ0n) is 10.5. The molecule has 16 heavy (non-hydrogen) atoms. The Bertz CT molecular complexity index is 395. The number of hydrogen-bond acceptors (Lipinski definition) is 1. The van der Waals surface area contributed by atoms with Crippen LogP contribution >= 0.6 is 0 Å². The maximum absolute atomic E-state index is 11.4. The van der Waals surface area contributed by atoms with E-state index in [0.717, 1.165) is 18.4 Å². The molecule has 2 heteroatoms. The van der Waals surface area contributed by atoms with Crippen LogP contribution in [0.25, 0.3) is 0 Å². The Labute approximate surface area is 97.0 Å². The van der Waals surface area contributed by atoms with E-state index in [2.05, 4.69) is 19.1 Å². The van der Waals surface area contributed by atoms with Crippen molar-refractivity contribution in [3.63, 3.8) is 0 Å². The van der Waals surface area contributed by atoms with Crippen LogP contribution in [-0.2, 0) is 4.79 Å². The molecule has 88 valence electrons. The Hall–Kier alpha value is -1.05. The molecule has 1 N–H and O–H groups in total. The molecule has 0 aliphatic heterocycles. The van der Waals surface area contributed by atoms with Gasteiger partial charge in [-0.05, 0) is 23.7 Å². The molecular weight excluding hydrogens is 200 g/mol. The topological polar surface area (TPSA) is 37.3 Å². The number of allylic oxidation sites excluding steroid dienone is 3. The second kappa shape index (κ2) is 3.22. The van der Waals surface area contributed by atoms with Crippen molar-refractivity contribution < 1.29 is 9.90 Å². The summed E-state index contributed by atoms with van der Waals surface area (Å²) in [6, 6.07) is 0. The average molecular weight is 220 g/mol. The summed E-state index contributed by atoms with van der Waals surface area (Å²) in [7, 11) is 0. The van der Waals surface area contributed by atoms with E-state index in [1.54, 1.807) is 0 Å². The van der Waals surface area contributed by atoms with Crippen LogP contribution in [0.15, 0.2) is 23.3 Å². The summed E-state index contributed by atoms with van der Waals surface area (Å²) in [4.78, 5) is 11.4. The Morgan fingerprint density at radius 2 is 2.12 bits per heavy atom. The van der Waals surface area contributed by atoms with E-state index < -0.39 is 5.97 Å². The Balaban J connectivity index is 2.42. The highest BCUT2D eigenvalue weighted by atomic mass is 16.4. The molecule has 0 aromatic carbocycles. The van der Waals surface area contributed by atoms with E-state index in [1.807, 2.05) is 20.8 Å². The fraction of sp³-hybridized carbons (Fsp3) is 0.643. The van der Waals surface area contributed by atoms with Gasteiger partial charge in [0.15, 0.2) is 0 Å². The minimum absolute atomic E-state index is 0.265. The van der Waals surface area contributed by atoms with E-state index in [4.69, 9.17) is 0 Å². The molecule has 0 saturated heterocycles.